The zero-order valence-corrected chi connectivity index (χ0v) is 11.6. The zero-order chi connectivity index (χ0) is 14.4. The molecule has 0 radical (unpaired) electrons. The summed E-state index contributed by atoms with van der Waals surface area (Å²) in [7, 11) is 1.82. The summed E-state index contributed by atoms with van der Waals surface area (Å²) in [4.78, 5) is 22.1. The van der Waals surface area contributed by atoms with Crippen LogP contribution in [0.2, 0.25) is 0 Å². The molecule has 0 saturated carbocycles. The van der Waals surface area contributed by atoms with Crippen molar-refractivity contribution in [1.29, 1.82) is 0 Å². The fourth-order valence-electron chi connectivity index (χ4n) is 1.83. The lowest BCUT2D eigenvalue weighted by molar-refractivity contribution is -0.137. The Balaban J connectivity index is 2.41. The van der Waals surface area contributed by atoms with Crippen molar-refractivity contribution < 1.29 is 14.7 Å². The normalized spacial score (nSPS) is 10.7. The molecule has 1 amide bonds. The third-order valence-corrected chi connectivity index (χ3v) is 2.84. The van der Waals surface area contributed by atoms with E-state index in [9.17, 15) is 9.59 Å². The molecule has 1 heterocycles. The molecule has 0 saturated heterocycles. The van der Waals surface area contributed by atoms with Gasteiger partial charge in [-0.1, -0.05) is 13.8 Å². The molecule has 1 rings (SSSR count). The summed E-state index contributed by atoms with van der Waals surface area (Å²) in [5.74, 6) is -0.704. The first kappa shape index (κ1) is 15.2. The minimum absolute atomic E-state index is 0.136. The molecule has 0 aromatic carbocycles. The van der Waals surface area contributed by atoms with Crippen molar-refractivity contribution in [2.75, 3.05) is 6.54 Å². The van der Waals surface area contributed by atoms with E-state index in [0.29, 0.717) is 31.0 Å². The molecule has 0 bridgehead atoms. The van der Waals surface area contributed by atoms with Crippen LogP contribution in [0.3, 0.4) is 0 Å². The van der Waals surface area contributed by atoms with Crippen LogP contribution >= 0.6 is 0 Å². The number of carbonyl (C=O) groups excluding carboxylic acids is 1. The Bertz CT molecular complexity index is 452. The maximum absolute atomic E-state index is 11.8. The Hall–Kier alpha value is -1.85. The van der Waals surface area contributed by atoms with Crippen molar-refractivity contribution in [1.82, 2.24) is 15.1 Å². The molecule has 0 aliphatic heterocycles. The molecule has 19 heavy (non-hydrogen) atoms. The van der Waals surface area contributed by atoms with Crippen LogP contribution in [0.4, 0.5) is 0 Å². The van der Waals surface area contributed by atoms with Crippen LogP contribution in [0.15, 0.2) is 6.07 Å². The largest absolute Gasteiger partial charge is 0.481 e. The number of aryl methyl sites for hydroxylation is 1. The van der Waals surface area contributed by atoms with Crippen LogP contribution in [-0.4, -0.2) is 33.3 Å². The van der Waals surface area contributed by atoms with Crippen molar-refractivity contribution in [3.8, 4) is 0 Å². The van der Waals surface area contributed by atoms with E-state index in [1.165, 1.54) is 0 Å². The van der Waals surface area contributed by atoms with Gasteiger partial charge in [0.25, 0.3) is 5.91 Å². The van der Waals surface area contributed by atoms with E-state index in [2.05, 4.69) is 10.4 Å². The summed E-state index contributed by atoms with van der Waals surface area (Å²) >= 11 is 0. The van der Waals surface area contributed by atoms with Crippen LogP contribution in [0.5, 0.6) is 0 Å². The number of hydrogen-bond acceptors (Lipinski definition) is 3. The quantitative estimate of drug-likeness (QED) is 0.734. The molecule has 1 aromatic heterocycles. The molecule has 6 heteroatoms. The predicted molar refractivity (Wildman–Crippen MR) is 71.1 cm³/mol. The number of carbonyl (C=O) groups is 2. The Morgan fingerprint density at radius 1 is 1.42 bits per heavy atom. The Morgan fingerprint density at radius 3 is 2.63 bits per heavy atom. The minimum Gasteiger partial charge on any atom is -0.481 e. The molecular weight excluding hydrogens is 246 g/mol. The highest BCUT2D eigenvalue weighted by Crippen LogP contribution is 2.14. The lowest BCUT2D eigenvalue weighted by Gasteiger charge is -2.02. The molecule has 0 atom stereocenters. The molecule has 0 unspecified atom stereocenters. The molecule has 0 aliphatic carbocycles. The van der Waals surface area contributed by atoms with Gasteiger partial charge in [0.1, 0.15) is 5.69 Å². The monoisotopic (exact) mass is 267 g/mol. The van der Waals surface area contributed by atoms with Crippen LogP contribution in [-0.2, 0) is 11.8 Å². The molecule has 0 aliphatic rings. The lowest BCUT2D eigenvalue weighted by Crippen LogP contribution is -2.25. The highest BCUT2D eigenvalue weighted by molar-refractivity contribution is 5.92. The lowest BCUT2D eigenvalue weighted by atomic mass is 10.1. The summed E-state index contributed by atoms with van der Waals surface area (Å²) in [5, 5.41) is 15.4. The summed E-state index contributed by atoms with van der Waals surface area (Å²) in [6.45, 7) is 4.56. The summed E-state index contributed by atoms with van der Waals surface area (Å²) in [6.07, 6.45) is 1.36. The topological polar surface area (TPSA) is 84.2 Å². The number of amides is 1. The van der Waals surface area contributed by atoms with Crippen molar-refractivity contribution in [2.24, 2.45) is 7.05 Å². The summed E-state index contributed by atoms with van der Waals surface area (Å²) in [5.41, 5.74) is 1.42. The van der Waals surface area contributed by atoms with Gasteiger partial charge in [0, 0.05) is 25.7 Å². The second-order valence-electron chi connectivity index (χ2n) is 4.84. The molecule has 2 N–H and O–H groups in total. The van der Waals surface area contributed by atoms with E-state index in [1.807, 2.05) is 20.9 Å². The van der Waals surface area contributed by atoms with E-state index in [4.69, 9.17) is 5.11 Å². The number of carboxylic acids is 1. The number of rotatable bonds is 7. The van der Waals surface area contributed by atoms with Crippen molar-refractivity contribution in [3.05, 3.63) is 17.5 Å². The first-order valence-corrected chi connectivity index (χ1v) is 6.45. The number of aliphatic carboxylic acids is 1. The number of nitrogens with one attached hydrogen (secondary N) is 1. The van der Waals surface area contributed by atoms with Gasteiger partial charge in [-0.05, 0) is 24.8 Å². The van der Waals surface area contributed by atoms with Gasteiger partial charge in [-0.15, -0.1) is 0 Å². The van der Waals surface area contributed by atoms with Crippen LogP contribution in [0.1, 0.15) is 55.2 Å². The van der Waals surface area contributed by atoms with E-state index in [1.54, 1.807) is 10.7 Å². The first-order chi connectivity index (χ1) is 8.91. The molecule has 6 nitrogen and oxygen atoms in total. The van der Waals surface area contributed by atoms with E-state index < -0.39 is 5.97 Å². The van der Waals surface area contributed by atoms with Gasteiger partial charge in [-0.2, -0.15) is 5.10 Å². The Kier molecular flexibility index (Phi) is 5.54. The SMILES string of the molecule is CC(C)c1cc(C(=O)NCCCCC(=O)O)nn1C. The third kappa shape index (κ3) is 4.73. The van der Waals surface area contributed by atoms with Gasteiger partial charge in [0.15, 0.2) is 0 Å². The van der Waals surface area contributed by atoms with Gasteiger partial charge in [-0.3, -0.25) is 14.3 Å². The van der Waals surface area contributed by atoms with Gasteiger partial charge in [0.05, 0.1) is 0 Å². The Morgan fingerprint density at radius 2 is 2.11 bits per heavy atom. The van der Waals surface area contributed by atoms with E-state index in [0.717, 1.165) is 5.69 Å². The van der Waals surface area contributed by atoms with Gasteiger partial charge < -0.3 is 10.4 Å². The van der Waals surface area contributed by atoms with Gasteiger partial charge in [0.2, 0.25) is 0 Å². The fourth-order valence-corrected chi connectivity index (χ4v) is 1.83. The van der Waals surface area contributed by atoms with Crippen molar-refractivity contribution in [2.45, 2.75) is 39.0 Å². The number of hydrogen-bond donors (Lipinski definition) is 2. The smallest absolute Gasteiger partial charge is 0.303 e. The predicted octanol–water partition coefficient (Wildman–Crippen LogP) is 1.53. The van der Waals surface area contributed by atoms with Crippen LogP contribution in [0, 0.1) is 0 Å². The van der Waals surface area contributed by atoms with E-state index >= 15 is 0 Å². The van der Waals surface area contributed by atoms with Crippen molar-refractivity contribution in [3.63, 3.8) is 0 Å². The molecule has 1 aromatic rings. The maximum Gasteiger partial charge on any atom is 0.303 e. The number of nitrogens with zero attached hydrogens (tertiary/aromatic N) is 2. The minimum atomic E-state index is -0.808. The molecule has 0 fully saturated rings. The highest BCUT2D eigenvalue weighted by atomic mass is 16.4. The number of unbranched alkanes of at least 4 members (excludes halogenated alkanes) is 1. The highest BCUT2D eigenvalue weighted by Gasteiger charge is 2.13. The summed E-state index contributed by atoms with van der Waals surface area (Å²) in [6, 6.07) is 1.79. The molecule has 106 valence electrons. The molecular formula is C13H21N3O3. The van der Waals surface area contributed by atoms with Gasteiger partial charge in [-0.25, -0.2) is 0 Å². The van der Waals surface area contributed by atoms with Crippen LogP contribution < -0.4 is 5.32 Å². The van der Waals surface area contributed by atoms with E-state index in [-0.39, 0.29) is 12.3 Å². The molecule has 0 spiro atoms. The number of aromatic nitrogens is 2. The maximum atomic E-state index is 11.8. The second kappa shape index (κ2) is 6.92. The zero-order valence-electron chi connectivity index (χ0n) is 11.6. The van der Waals surface area contributed by atoms with Crippen LogP contribution in [0.25, 0.3) is 0 Å². The average molecular weight is 267 g/mol. The first-order valence-electron chi connectivity index (χ1n) is 6.45. The number of carboxylic acid groups (broad SMARTS) is 1. The van der Waals surface area contributed by atoms with Gasteiger partial charge >= 0.3 is 5.97 Å². The third-order valence-electron chi connectivity index (χ3n) is 2.84. The standard InChI is InChI=1S/C13H21N3O3/c1-9(2)11-8-10(15-16(11)3)13(19)14-7-5-4-6-12(17)18/h8-9H,4-7H2,1-3H3,(H,14,19)(H,17,18). The fraction of sp³-hybridized carbons (Fsp3) is 0.615. The Labute approximate surface area is 112 Å². The summed E-state index contributed by atoms with van der Waals surface area (Å²) < 4.78 is 1.71. The second-order valence-corrected chi connectivity index (χ2v) is 4.84. The van der Waals surface area contributed by atoms with Crippen molar-refractivity contribution >= 4 is 11.9 Å². The average Bonchev–Trinajstić information content (AvgIpc) is 2.70.